The van der Waals surface area contributed by atoms with Crippen molar-refractivity contribution in [1.29, 1.82) is 0 Å². The number of aliphatic imine (C=N–C) groups is 1. The Hall–Kier alpha value is -3.36. The Bertz CT molecular complexity index is 873. The van der Waals surface area contributed by atoms with Crippen molar-refractivity contribution in [1.82, 2.24) is 20.1 Å². The van der Waals surface area contributed by atoms with Gasteiger partial charge in [0, 0.05) is 44.8 Å². The van der Waals surface area contributed by atoms with Crippen LogP contribution in [0.5, 0.6) is 0 Å². The fourth-order valence-electron chi connectivity index (χ4n) is 3.18. The minimum Gasteiger partial charge on any atom is -0.459 e. The third-order valence-corrected chi connectivity index (χ3v) is 4.69. The van der Waals surface area contributed by atoms with Crippen LogP contribution in [0.3, 0.4) is 0 Å². The van der Waals surface area contributed by atoms with Gasteiger partial charge >= 0.3 is 0 Å². The zero-order chi connectivity index (χ0) is 21.3. The van der Waals surface area contributed by atoms with Crippen LogP contribution in [0.25, 0.3) is 0 Å². The first-order valence-corrected chi connectivity index (χ1v) is 10.2. The number of furan rings is 1. The minimum absolute atomic E-state index is 0.0944. The molecular weight excluding hydrogens is 384 g/mol. The Balaban J connectivity index is 1.49. The summed E-state index contributed by atoms with van der Waals surface area (Å²) in [6.45, 7) is 7.48. The Kier molecular flexibility index (Phi) is 7.42. The summed E-state index contributed by atoms with van der Waals surface area (Å²) in [6, 6.07) is 8.89. The third-order valence-electron chi connectivity index (χ3n) is 4.69. The number of aryl methyl sites for hydroxylation is 1. The van der Waals surface area contributed by atoms with Crippen molar-refractivity contribution in [3.05, 3.63) is 48.0 Å². The standard InChI is InChI=1S/C21H28N6O3/c1-3-22-21(23-10-9-19(28)25-18-8-4-6-16(2)24-18)27-13-11-26(12-14-27)20(29)17-7-5-15-30-17/h4-8,15H,3,9-14H2,1-2H3,(H,22,23)(H,24,25,28). The van der Waals surface area contributed by atoms with Crippen molar-refractivity contribution < 1.29 is 14.0 Å². The highest BCUT2D eigenvalue weighted by atomic mass is 16.3. The molecule has 2 amide bonds. The largest absolute Gasteiger partial charge is 0.459 e. The normalized spacial score (nSPS) is 14.5. The number of hydrogen-bond acceptors (Lipinski definition) is 5. The summed E-state index contributed by atoms with van der Waals surface area (Å²) in [7, 11) is 0. The molecule has 0 aromatic carbocycles. The van der Waals surface area contributed by atoms with E-state index in [-0.39, 0.29) is 18.2 Å². The highest BCUT2D eigenvalue weighted by molar-refractivity contribution is 5.92. The van der Waals surface area contributed by atoms with E-state index in [1.807, 2.05) is 26.0 Å². The zero-order valence-electron chi connectivity index (χ0n) is 17.4. The molecule has 160 valence electrons. The summed E-state index contributed by atoms with van der Waals surface area (Å²) in [5.74, 6) is 1.44. The zero-order valence-corrected chi connectivity index (χ0v) is 17.4. The van der Waals surface area contributed by atoms with E-state index in [2.05, 4.69) is 25.5 Å². The van der Waals surface area contributed by atoms with Crippen LogP contribution in [0.2, 0.25) is 0 Å². The number of carbonyl (C=O) groups excluding carboxylic acids is 2. The quantitative estimate of drug-likeness (QED) is 0.553. The lowest BCUT2D eigenvalue weighted by Crippen LogP contribution is -2.53. The number of rotatable bonds is 6. The molecular formula is C21H28N6O3. The second-order valence-electron chi connectivity index (χ2n) is 6.95. The number of hydrogen-bond donors (Lipinski definition) is 2. The van der Waals surface area contributed by atoms with Gasteiger partial charge in [-0.2, -0.15) is 0 Å². The number of aromatic nitrogens is 1. The lowest BCUT2D eigenvalue weighted by molar-refractivity contribution is -0.116. The SMILES string of the molecule is CCNC(=NCCC(=O)Nc1cccc(C)n1)N1CCN(C(=O)c2ccco2)CC1. The molecule has 0 unspecified atom stereocenters. The number of piperazine rings is 1. The molecule has 9 heteroatoms. The molecule has 0 bridgehead atoms. The van der Waals surface area contributed by atoms with E-state index < -0.39 is 0 Å². The second-order valence-corrected chi connectivity index (χ2v) is 6.95. The van der Waals surface area contributed by atoms with Crippen molar-refractivity contribution in [2.24, 2.45) is 4.99 Å². The molecule has 1 aliphatic rings. The molecule has 3 heterocycles. The number of nitrogens with one attached hydrogen (secondary N) is 2. The number of amides is 2. The molecule has 0 saturated carbocycles. The molecule has 1 saturated heterocycles. The van der Waals surface area contributed by atoms with E-state index in [1.54, 1.807) is 23.1 Å². The lowest BCUT2D eigenvalue weighted by atomic mass is 10.3. The number of pyridine rings is 1. The monoisotopic (exact) mass is 412 g/mol. The Labute approximate surface area is 176 Å². The summed E-state index contributed by atoms with van der Waals surface area (Å²) in [6.07, 6.45) is 1.77. The number of anilines is 1. The summed E-state index contributed by atoms with van der Waals surface area (Å²) < 4.78 is 5.20. The molecule has 1 fully saturated rings. The van der Waals surface area contributed by atoms with Gasteiger partial charge in [0.2, 0.25) is 5.91 Å². The van der Waals surface area contributed by atoms with Crippen LogP contribution in [-0.2, 0) is 4.79 Å². The molecule has 30 heavy (non-hydrogen) atoms. The van der Waals surface area contributed by atoms with E-state index >= 15 is 0 Å². The Morgan fingerprint density at radius 3 is 2.57 bits per heavy atom. The van der Waals surface area contributed by atoms with Crippen LogP contribution in [0.15, 0.2) is 46.0 Å². The first kappa shape index (κ1) is 21.4. The molecule has 0 atom stereocenters. The van der Waals surface area contributed by atoms with Gasteiger partial charge < -0.3 is 24.9 Å². The molecule has 0 radical (unpaired) electrons. The van der Waals surface area contributed by atoms with Gasteiger partial charge in [0.05, 0.1) is 12.8 Å². The second kappa shape index (κ2) is 10.4. The van der Waals surface area contributed by atoms with Crippen molar-refractivity contribution in [2.45, 2.75) is 20.3 Å². The van der Waals surface area contributed by atoms with Gasteiger partial charge in [-0.25, -0.2) is 4.98 Å². The molecule has 9 nitrogen and oxygen atoms in total. The van der Waals surface area contributed by atoms with Gasteiger partial charge in [0.25, 0.3) is 5.91 Å². The van der Waals surface area contributed by atoms with Crippen LogP contribution in [0, 0.1) is 6.92 Å². The van der Waals surface area contributed by atoms with Gasteiger partial charge in [-0.05, 0) is 38.1 Å². The van der Waals surface area contributed by atoms with Crippen molar-refractivity contribution in [2.75, 3.05) is 44.6 Å². The number of guanidine groups is 1. The molecule has 1 aliphatic heterocycles. The Morgan fingerprint density at radius 2 is 1.90 bits per heavy atom. The van der Waals surface area contributed by atoms with E-state index in [9.17, 15) is 9.59 Å². The highest BCUT2D eigenvalue weighted by Gasteiger charge is 2.25. The average Bonchev–Trinajstić information content (AvgIpc) is 3.28. The summed E-state index contributed by atoms with van der Waals surface area (Å²) in [4.78, 5) is 37.3. The lowest BCUT2D eigenvalue weighted by Gasteiger charge is -2.36. The third kappa shape index (κ3) is 5.82. The fourth-order valence-corrected chi connectivity index (χ4v) is 3.18. The van der Waals surface area contributed by atoms with E-state index in [1.165, 1.54) is 6.26 Å². The first-order valence-electron chi connectivity index (χ1n) is 10.2. The molecule has 0 aliphatic carbocycles. The Morgan fingerprint density at radius 1 is 1.13 bits per heavy atom. The molecule has 0 spiro atoms. The van der Waals surface area contributed by atoms with Gasteiger partial charge in [0.1, 0.15) is 5.82 Å². The summed E-state index contributed by atoms with van der Waals surface area (Å²) in [5.41, 5.74) is 0.852. The predicted octanol–water partition coefficient (Wildman–Crippen LogP) is 1.74. The maximum absolute atomic E-state index is 12.4. The fraction of sp³-hybridized carbons (Fsp3) is 0.429. The maximum atomic E-state index is 12.4. The van der Waals surface area contributed by atoms with E-state index in [0.29, 0.717) is 44.3 Å². The van der Waals surface area contributed by atoms with Crippen LogP contribution in [-0.4, -0.2) is 71.8 Å². The van der Waals surface area contributed by atoms with Gasteiger partial charge in [0.15, 0.2) is 11.7 Å². The minimum atomic E-state index is -0.124. The first-order chi connectivity index (χ1) is 14.6. The summed E-state index contributed by atoms with van der Waals surface area (Å²) in [5, 5.41) is 6.06. The van der Waals surface area contributed by atoms with Crippen LogP contribution < -0.4 is 10.6 Å². The summed E-state index contributed by atoms with van der Waals surface area (Å²) >= 11 is 0. The van der Waals surface area contributed by atoms with Crippen molar-refractivity contribution >= 4 is 23.6 Å². The van der Waals surface area contributed by atoms with E-state index in [4.69, 9.17) is 4.42 Å². The van der Waals surface area contributed by atoms with Crippen molar-refractivity contribution in [3.8, 4) is 0 Å². The predicted molar refractivity (Wildman–Crippen MR) is 114 cm³/mol. The molecule has 3 rings (SSSR count). The average molecular weight is 412 g/mol. The smallest absolute Gasteiger partial charge is 0.289 e. The molecule has 2 N–H and O–H groups in total. The number of nitrogens with zero attached hydrogens (tertiary/aromatic N) is 4. The van der Waals surface area contributed by atoms with Gasteiger partial charge in [-0.3, -0.25) is 14.6 Å². The van der Waals surface area contributed by atoms with E-state index in [0.717, 1.165) is 18.2 Å². The van der Waals surface area contributed by atoms with Crippen LogP contribution in [0.1, 0.15) is 29.6 Å². The molecule has 2 aromatic rings. The van der Waals surface area contributed by atoms with Crippen LogP contribution >= 0.6 is 0 Å². The topological polar surface area (TPSA) is 103 Å². The van der Waals surface area contributed by atoms with Gasteiger partial charge in [-0.1, -0.05) is 6.07 Å². The number of carbonyl (C=O) groups is 2. The maximum Gasteiger partial charge on any atom is 0.289 e. The van der Waals surface area contributed by atoms with Gasteiger partial charge in [-0.15, -0.1) is 0 Å². The van der Waals surface area contributed by atoms with Crippen molar-refractivity contribution in [3.63, 3.8) is 0 Å². The highest BCUT2D eigenvalue weighted by Crippen LogP contribution is 2.10. The van der Waals surface area contributed by atoms with Crippen LogP contribution in [0.4, 0.5) is 5.82 Å². The molecule has 2 aromatic heterocycles.